The molecule has 0 saturated heterocycles. The first-order valence-electron chi connectivity index (χ1n) is 4.30. The van der Waals surface area contributed by atoms with Gasteiger partial charge in [-0.2, -0.15) is 12.6 Å². The molecule has 0 aromatic heterocycles. The second-order valence-electron chi connectivity index (χ2n) is 2.94. The molecule has 1 aromatic rings. The summed E-state index contributed by atoms with van der Waals surface area (Å²) in [7, 11) is 0. The minimum absolute atomic E-state index is 0.622. The number of allylic oxidation sites excluding steroid dienone is 1. The molecule has 0 atom stereocenters. The van der Waals surface area contributed by atoms with Crippen LogP contribution in [-0.2, 0) is 6.42 Å². The highest BCUT2D eigenvalue weighted by Crippen LogP contribution is 2.22. The Balaban J connectivity index is 2.44. The van der Waals surface area contributed by atoms with E-state index in [1.807, 2.05) is 0 Å². The zero-order chi connectivity index (χ0) is 9.10. The molecule has 0 unspecified atom stereocenters. The number of benzene rings is 1. The van der Waals surface area contributed by atoms with E-state index in [1.54, 1.807) is 0 Å². The fourth-order valence-corrected chi connectivity index (χ4v) is 1.62. The second-order valence-corrected chi connectivity index (χ2v) is 3.26. The van der Waals surface area contributed by atoms with E-state index >= 15 is 0 Å². The van der Waals surface area contributed by atoms with Crippen LogP contribution in [0.4, 0.5) is 0 Å². The molecule has 0 radical (unpaired) electrons. The van der Waals surface area contributed by atoms with Crippen LogP contribution in [0.5, 0.6) is 0 Å². The van der Waals surface area contributed by atoms with Crippen molar-refractivity contribution in [2.75, 3.05) is 5.75 Å². The van der Waals surface area contributed by atoms with Gasteiger partial charge in [0.1, 0.15) is 0 Å². The quantitative estimate of drug-likeness (QED) is 0.467. The summed E-state index contributed by atoms with van der Waals surface area (Å²) in [5, 5.41) is 0. The Hall–Kier alpha value is -1.13. The van der Waals surface area contributed by atoms with E-state index in [1.165, 1.54) is 11.1 Å². The monoisotopic (exact) mass is 186 g/mol. The number of hydrogen-bond donors (Lipinski definition) is 1. The normalized spacial score (nSPS) is 12.1. The van der Waals surface area contributed by atoms with Crippen LogP contribution < -0.4 is 0 Å². The molecule has 13 heavy (non-hydrogen) atoms. The molecule has 2 rings (SSSR count). The summed E-state index contributed by atoms with van der Waals surface area (Å²) in [6.07, 6.45) is 5.35. The fraction of sp³-hybridized carbons (Fsp3) is 0.167. The molecule has 0 nitrogen and oxygen atoms in total. The van der Waals surface area contributed by atoms with Crippen molar-refractivity contribution in [1.29, 1.82) is 0 Å². The van der Waals surface area contributed by atoms with Crippen LogP contribution in [0.25, 0.3) is 6.08 Å². The maximum Gasteiger partial charge on any atom is 0.0521 e. The standard InChI is InChI=1S/C12H10S/c13-9-3-7-11-5-1-4-10-6-2-8-12(10)11/h1-2,4-6,13H,8-9H2. The summed E-state index contributed by atoms with van der Waals surface area (Å²) in [6, 6.07) is 6.25. The first-order chi connectivity index (χ1) is 6.42. The third kappa shape index (κ3) is 1.64. The van der Waals surface area contributed by atoms with Gasteiger partial charge in [-0.15, -0.1) is 0 Å². The number of hydrogen-bond acceptors (Lipinski definition) is 1. The molecule has 0 fully saturated rings. The lowest BCUT2D eigenvalue weighted by Crippen LogP contribution is -1.87. The number of rotatable bonds is 0. The third-order valence-electron chi connectivity index (χ3n) is 2.13. The minimum atomic E-state index is 0.622. The third-order valence-corrected chi connectivity index (χ3v) is 2.29. The Labute approximate surface area is 84.1 Å². The van der Waals surface area contributed by atoms with Gasteiger partial charge in [-0.1, -0.05) is 36.1 Å². The van der Waals surface area contributed by atoms with Crippen molar-refractivity contribution in [1.82, 2.24) is 0 Å². The van der Waals surface area contributed by atoms with Crippen LogP contribution in [0, 0.1) is 11.8 Å². The van der Waals surface area contributed by atoms with Gasteiger partial charge in [0.05, 0.1) is 5.75 Å². The lowest BCUT2D eigenvalue weighted by molar-refractivity contribution is 1.29. The van der Waals surface area contributed by atoms with E-state index in [0.717, 1.165) is 12.0 Å². The summed E-state index contributed by atoms with van der Waals surface area (Å²) in [5.41, 5.74) is 3.82. The van der Waals surface area contributed by atoms with Crippen LogP contribution in [-0.4, -0.2) is 5.75 Å². The van der Waals surface area contributed by atoms with Crippen LogP contribution in [0.15, 0.2) is 24.3 Å². The van der Waals surface area contributed by atoms with Crippen LogP contribution >= 0.6 is 12.6 Å². The van der Waals surface area contributed by atoms with Gasteiger partial charge in [0.25, 0.3) is 0 Å². The molecular weight excluding hydrogens is 176 g/mol. The molecule has 0 bridgehead atoms. The van der Waals surface area contributed by atoms with Gasteiger partial charge in [0, 0.05) is 5.56 Å². The molecule has 0 amide bonds. The van der Waals surface area contributed by atoms with Crippen LogP contribution in [0.3, 0.4) is 0 Å². The molecule has 0 spiro atoms. The average molecular weight is 186 g/mol. The molecule has 1 heteroatoms. The number of thiol groups is 1. The smallest absolute Gasteiger partial charge is 0.0521 e. The maximum absolute atomic E-state index is 4.07. The summed E-state index contributed by atoms with van der Waals surface area (Å²) in [5.74, 6) is 6.73. The van der Waals surface area contributed by atoms with Crippen molar-refractivity contribution in [3.8, 4) is 11.8 Å². The molecule has 64 valence electrons. The first kappa shape index (κ1) is 8.47. The van der Waals surface area contributed by atoms with Crippen molar-refractivity contribution in [3.63, 3.8) is 0 Å². The Bertz CT molecular complexity index is 405. The lowest BCUT2D eigenvalue weighted by atomic mass is 10.0. The fourth-order valence-electron chi connectivity index (χ4n) is 1.54. The minimum Gasteiger partial charge on any atom is -0.166 e. The molecular formula is C12H10S. The van der Waals surface area contributed by atoms with E-state index in [4.69, 9.17) is 0 Å². The van der Waals surface area contributed by atoms with Gasteiger partial charge in [-0.05, 0) is 23.6 Å². The van der Waals surface area contributed by atoms with Crippen molar-refractivity contribution in [2.45, 2.75) is 6.42 Å². The van der Waals surface area contributed by atoms with Gasteiger partial charge in [-0.25, -0.2) is 0 Å². The predicted octanol–water partition coefficient (Wildman–Crippen LogP) is 2.54. The number of fused-ring (bicyclic) bond motifs is 1. The Morgan fingerprint density at radius 2 is 2.31 bits per heavy atom. The molecule has 1 aliphatic rings. The van der Waals surface area contributed by atoms with Gasteiger partial charge in [-0.3, -0.25) is 0 Å². The van der Waals surface area contributed by atoms with Crippen molar-refractivity contribution in [2.24, 2.45) is 0 Å². The topological polar surface area (TPSA) is 0 Å². The first-order valence-corrected chi connectivity index (χ1v) is 4.93. The maximum atomic E-state index is 4.07. The van der Waals surface area contributed by atoms with E-state index in [2.05, 4.69) is 54.8 Å². The Morgan fingerprint density at radius 1 is 1.38 bits per heavy atom. The van der Waals surface area contributed by atoms with Crippen molar-refractivity contribution in [3.05, 3.63) is 41.0 Å². The highest BCUT2D eigenvalue weighted by atomic mass is 32.1. The molecule has 0 N–H and O–H groups in total. The van der Waals surface area contributed by atoms with E-state index < -0.39 is 0 Å². The van der Waals surface area contributed by atoms with E-state index in [0.29, 0.717) is 5.75 Å². The van der Waals surface area contributed by atoms with Gasteiger partial charge in [0.2, 0.25) is 0 Å². The van der Waals surface area contributed by atoms with Crippen LogP contribution in [0.2, 0.25) is 0 Å². The highest BCUT2D eigenvalue weighted by molar-refractivity contribution is 7.80. The highest BCUT2D eigenvalue weighted by Gasteiger charge is 2.07. The van der Waals surface area contributed by atoms with Gasteiger partial charge in [0.15, 0.2) is 0 Å². The second kappa shape index (κ2) is 3.72. The van der Waals surface area contributed by atoms with Crippen molar-refractivity contribution < 1.29 is 0 Å². The molecule has 0 heterocycles. The van der Waals surface area contributed by atoms with Gasteiger partial charge < -0.3 is 0 Å². The molecule has 0 saturated carbocycles. The largest absolute Gasteiger partial charge is 0.166 e. The summed E-state index contributed by atoms with van der Waals surface area (Å²) < 4.78 is 0. The van der Waals surface area contributed by atoms with Crippen molar-refractivity contribution >= 4 is 18.7 Å². The van der Waals surface area contributed by atoms with Gasteiger partial charge >= 0.3 is 0 Å². The SMILES string of the molecule is SCC#Cc1cccc2c1CC=C2. The van der Waals surface area contributed by atoms with Crippen LogP contribution in [0.1, 0.15) is 16.7 Å². The summed E-state index contributed by atoms with van der Waals surface area (Å²) >= 11 is 4.07. The molecule has 0 aliphatic heterocycles. The Morgan fingerprint density at radius 3 is 3.15 bits per heavy atom. The predicted molar refractivity (Wildman–Crippen MR) is 59.9 cm³/mol. The summed E-state index contributed by atoms with van der Waals surface area (Å²) in [6.45, 7) is 0. The lowest BCUT2D eigenvalue weighted by Gasteiger charge is -2.00. The summed E-state index contributed by atoms with van der Waals surface area (Å²) in [4.78, 5) is 0. The zero-order valence-corrected chi connectivity index (χ0v) is 8.14. The van der Waals surface area contributed by atoms with E-state index in [-0.39, 0.29) is 0 Å². The molecule has 1 aromatic carbocycles. The van der Waals surface area contributed by atoms with E-state index in [9.17, 15) is 0 Å². The average Bonchev–Trinajstić information content (AvgIpc) is 2.62. The molecule has 1 aliphatic carbocycles. The Kier molecular flexibility index (Phi) is 2.42. The zero-order valence-electron chi connectivity index (χ0n) is 7.25.